The molecule has 0 spiro atoms. The number of piperidine rings is 1. The maximum absolute atomic E-state index is 10.9. The number of nitrogens with two attached hydrogens (primary N) is 1. The van der Waals surface area contributed by atoms with Crippen LogP contribution in [0.1, 0.15) is 12.8 Å². The minimum Gasteiger partial charge on any atom is -0.352 e. The molecule has 100 valence electrons. The zero-order chi connectivity index (χ0) is 13.4. The highest BCUT2D eigenvalue weighted by atomic mass is 16.6. The van der Waals surface area contributed by atoms with Crippen molar-refractivity contribution in [3.8, 4) is 0 Å². The van der Waals surface area contributed by atoms with E-state index in [4.69, 9.17) is 10.3 Å². The summed E-state index contributed by atoms with van der Waals surface area (Å²) in [6, 6.07) is 4.96. The van der Waals surface area contributed by atoms with E-state index >= 15 is 0 Å². The van der Waals surface area contributed by atoms with Crippen molar-refractivity contribution < 1.29 is 9.45 Å². The minimum absolute atomic E-state index is 0.0578. The van der Waals surface area contributed by atoms with E-state index in [1.54, 1.807) is 12.1 Å². The Labute approximate surface area is 109 Å². The summed E-state index contributed by atoms with van der Waals surface area (Å²) in [6.07, 6.45) is 1.98. The summed E-state index contributed by atoms with van der Waals surface area (Å²) in [5.41, 5.74) is 6.11. The molecule has 1 aromatic carbocycles. The summed E-state index contributed by atoms with van der Waals surface area (Å²) in [6.45, 7) is 1.54. The second kappa shape index (κ2) is 4.51. The zero-order valence-electron chi connectivity index (χ0n) is 10.3. The molecule has 0 radical (unpaired) electrons. The molecule has 1 atom stereocenters. The number of nitrogens with zero attached hydrogens (tertiary/aromatic N) is 3. The number of fused-ring (bicyclic) bond motifs is 1. The molecule has 19 heavy (non-hydrogen) atoms. The Balaban J connectivity index is 2.05. The Bertz CT molecular complexity index is 624. The normalized spacial score (nSPS) is 19.8. The molecule has 1 aliphatic rings. The van der Waals surface area contributed by atoms with Gasteiger partial charge in [-0.15, -0.1) is 0 Å². The Morgan fingerprint density at radius 2 is 2.37 bits per heavy atom. The number of aromatic nitrogens is 1. The summed E-state index contributed by atoms with van der Waals surface area (Å²) in [7, 11) is 0. The third-order valence-electron chi connectivity index (χ3n) is 3.41. The van der Waals surface area contributed by atoms with Crippen LogP contribution in [-0.4, -0.2) is 29.2 Å². The van der Waals surface area contributed by atoms with Crippen LogP contribution in [0.2, 0.25) is 0 Å². The third kappa shape index (κ3) is 2.01. The summed E-state index contributed by atoms with van der Waals surface area (Å²) >= 11 is 0. The highest BCUT2D eigenvalue weighted by Crippen LogP contribution is 2.33. The summed E-state index contributed by atoms with van der Waals surface area (Å²) in [4.78, 5) is 12.5. The molecule has 2 N–H and O–H groups in total. The highest BCUT2D eigenvalue weighted by Gasteiger charge is 2.25. The van der Waals surface area contributed by atoms with Gasteiger partial charge in [0.2, 0.25) is 5.58 Å². The van der Waals surface area contributed by atoms with E-state index in [1.807, 2.05) is 4.90 Å². The number of anilines is 1. The largest absolute Gasteiger partial charge is 0.352 e. The van der Waals surface area contributed by atoms with Crippen molar-refractivity contribution in [1.29, 1.82) is 0 Å². The summed E-state index contributed by atoms with van der Waals surface area (Å²) in [5, 5.41) is 15.6. The van der Waals surface area contributed by atoms with Crippen LogP contribution in [0.4, 0.5) is 11.5 Å². The molecule has 2 heterocycles. The minimum atomic E-state index is -0.459. The maximum Gasteiger partial charge on any atom is 0.315 e. The predicted molar refractivity (Wildman–Crippen MR) is 70.1 cm³/mol. The van der Waals surface area contributed by atoms with Gasteiger partial charge in [-0.3, -0.25) is 10.1 Å². The first-order chi connectivity index (χ1) is 9.16. The van der Waals surface area contributed by atoms with Crippen molar-refractivity contribution in [2.24, 2.45) is 5.73 Å². The number of nitro benzene ring substituents is 1. The molecule has 1 aromatic heterocycles. The molecule has 0 aliphatic carbocycles. The SMILES string of the molecule is NC1CCCN(c2noc3c([N+](=O)[O-])cccc23)C1. The van der Waals surface area contributed by atoms with E-state index in [0.717, 1.165) is 19.4 Å². The van der Waals surface area contributed by atoms with Gasteiger partial charge in [0.1, 0.15) is 0 Å². The van der Waals surface area contributed by atoms with Crippen molar-refractivity contribution in [2.75, 3.05) is 18.0 Å². The number of benzene rings is 1. The lowest BCUT2D eigenvalue weighted by Gasteiger charge is -2.30. The molecule has 3 rings (SSSR count). The van der Waals surface area contributed by atoms with Gasteiger partial charge in [-0.05, 0) is 18.9 Å². The maximum atomic E-state index is 10.9. The lowest BCUT2D eigenvalue weighted by atomic mass is 10.1. The van der Waals surface area contributed by atoms with Crippen LogP contribution in [0.5, 0.6) is 0 Å². The van der Waals surface area contributed by atoms with Crippen LogP contribution >= 0.6 is 0 Å². The average molecular weight is 262 g/mol. The molecule has 7 nitrogen and oxygen atoms in total. The number of para-hydroxylation sites is 1. The Morgan fingerprint density at radius 1 is 1.53 bits per heavy atom. The van der Waals surface area contributed by atoms with Crippen LogP contribution in [0.15, 0.2) is 22.7 Å². The van der Waals surface area contributed by atoms with E-state index in [1.165, 1.54) is 6.07 Å². The Kier molecular flexibility index (Phi) is 2.83. The smallest absolute Gasteiger partial charge is 0.315 e. The van der Waals surface area contributed by atoms with Crippen LogP contribution in [0.3, 0.4) is 0 Å². The molecule has 7 heteroatoms. The Hall–Kier alpha value is -2.15. The van der Waals surface area contributed by atoms with Gasteiger partial charge in [-0.1, -0.05) is 11.2 Å². The number of hydrogen-bond acceptors (Lipinski definition) is 6. The van der Waals surface area contributed by atoms with E-state index in [2.05, 4.69) is 5.16 Å². The van der Waals surface area contributed by atoms with E-state index in [-0.39, 0.29) is 17.3 Å². The van der Waals surface area contributed by atoms with Crippen LogP contribution in [0.25, 0.3) is 11.0 Å². The molecule has 0 bridgehead atoms. The molecule has 1 unspecified atom stereocenters. The summed E-state index contributed by atoms with van der Waals surface area (Å²) < 4.78 is 5.16. The predicted octanol–water partition coefficient (Wildman–Crippen LogP) is 1.66. The second-order valence-electron chi connectivity index (χ2n) is 4.77. The van der Waals surface area contributed by atoms with Gasteiger partial charge >= 0.3 is 5.69 Å². The standard InChI is InChI=1S/C12H14N4O3/c13-8-3-2-6-15(7-8)12-9-4-1-5-10(16(17)18)11(9)19-14-12/h1,4-5,8H,2-3,6-7,13H2. The van der Waals surface area contributed by atoms with Crippen molar-refractivity contribution in [3.05, 3.63) is 28.3 Å². The fraction of sp³-hybridized carbons (Fsp3) is 0.417. The molecular weight excluding hydrogens is 248 g/mol. The van der Waals surface area contributed by atoms with E-state index in [0.29, 0.717) is 17.7 Å². The van der Waals surface area contributed by atoms with Crippen LogP contribution in [-0.2, 0) is 0 Å². The van der Waals surface area contributed by atoms with Crippen LogP contribution in [0, 0.1) is 10.1 Å². The molecule has 0 saturated carbocycles. The van der Waals surface area contributed by atoms with Crippen molar-refractivity contribution in [2.45, 2.75) is 18.9 Å². The molecule has 2 aromatic rings. The quantitative estimate of drug-likeness (QED) is 0.652. The second-order valence-corrected chi connectivity index (χ2v) is 4.77. The first kappa shape index (κ1) is 11.9. The Morgan fingerprint density at radius 3 is 3.11 bits per heavy atom. The molecule has 1 aliphatic heterocycles. The van der Waals surface area contributed by atoms with E-state index in [9.17, 15) is 10.1 Å². The van der Waals surface area contributed by atoms with Crippen LogP contribution < -0.4 is 10.6 Å². The fourth-order valence-electron chi connectivity index (χ4n) is 2.51. The number of hydrogen-bond donors (Lipinski definition) is 1. The topological polar surface area (TPSA) is 98.4 Å². The van der Waals surface area contributed by atoms with Gasteiger partial charge in [0, 0.05) is 25.2 Å². The highest BCUT2D eigenvalue weighted by molar-refractivity contribution is 5.94. The molecular formula is C12H14N4O3. The van der Waals surface area contributed by atoms with Gasteiger partial charge in [-0.25, -0.2) is 0 Å². The van der Waals surface area contributed by atoms with Gasteiger partial charge in [0.25, 0.3) is 0 Å². The molecule has 1 fully saturated rings. The first-order valence-corrected chi connectivity index (χ1v) is 6.20. The lowest BCUT2D eigenvalue weighted by molar-refractivity contribution is -0.383. The molecule has 1 saturated heterocycles. The van der Waals surface area contributed by atoms with Crippen molar-refractivity contribution in [1.82, 2.24) is 5.16 Å². The average Bonchev–Trinajstić information content (AvgIpc) is 2.82. The first-order valence-electron chi connectivity index (χ1n) is 6.20. The number of rotatable bonds is 2. The third-order valence-corrected chi connectivity index (χ3v) is 3.41. The van der Waals surface area contributed by atoms with Gasteiger partial charge in [0.15, 0.2) is 5.82 Å². The number of non-ortho nitro benzene ring substituents is 1. The fourth-order valence-corrected chi connectivity index (χ4v) is 2.51. The van der Waals surface area contributed by atoms with Crippen molar-refractivity contribution >= 4 is 22.5 Å². The zero-order valence-corrected chi connectivity index (χ0v) is 10.3. The van der Waals surface area contributed by atoms with Crippen molar-refractivity contribution in [3.63, 3.8) is 0 Å². The van der Waals surface area contributed by atoms with Gasteiger partial charge in [-0.2, -0.15) is 0 Å². The lowest BCUT2D eigenvalue weighted by Crippen LogP contribution is -2.43. The summed E-state index contributed by atoms with van der Waals surface area (Å²) in [5.74, 6) is 0.647. The monoisotopic (exact) mass is 262 g/mol. The molecule has 0 amide bonds. The van der Waals surface area contributed by atoms with Gasteiger partial charge in [0.05, 0.1) is 10.3 Å². The van der Waals surface area contributed by atoms with Gasteiger partial charge < -0.3 is 15.2 Å². The van der Waals surface area contributed by atoms with E-state index < -0.39 is 4.92 Å². The number of nitro groups is 1.